The second kappa shape index (κ2) is 5.42. The van der Waals surface area contributed by atoms with Crippen LogP contribution in [0.5, 0.6) is 0 Å². The van der Waals surface area contributed by atoms with E-state index in [1.54, 1.807) is 30.6 Å². The van der Waals surface area contributed by atoms with Crippen molar-refractivity contribution in [2.24, 2.45) is 0 Å². The van der Waals surface area contributed by atoms with Crippen LogP contribution in [0.2, 0.25) is 0 Å². The Balaban J connectivity index is 2.08. The highest BCUT2D eigenvalue weighted by atomic mass is 79.9. The minimum absolute atomic E-state index is 0.128. The zero-order valence-electron chi connectivity index (χ0n) is 10.2. The number of nitrogens with zero attached hydrogens (tertiary/aromatic N) is 2. The highest BCUT2D eigenvalue weighted by Gasteiger charge is 2.15. The van der Waals surface area contributed by atoms with Crippen molar-refractivity contribution in [1.29, 1.82) is 0 Å². The van der Waals surface area contributed by atoms with Crippen molar-refractivity contribution < 1.29 is 4.79 Å². The maximum Gasteiger partial charge on any atom is 0.212 e. The van der Waals surface area contributed by atoms with Crippen LogP contribution in [0.3, 0.4) is 0 Å². The first-order valence-corrected chi connectivity index (χ1v) is 7.44. The number of ketones is 1. The van der Waals surface area contributed by atoms with Gasteiger partial charge in [-0.3, -0.25) is 14.8 Å². The third-order valence-corrected chi connectivity index (χ3v) is 3.93. The van der Waals surface area contributed by atoms with Crippen molar-refractivity contribution in [2.75, 3.05) is 0 Å². The lowest BCUT2D eigenvalue weighted by molar-refractivity contribution is 0.103. The van der Waals surface area contributed by atoms with Gasteiger partial charge in [-0.15, -0.1) is 0 Å². The van der Waals surface area contributed by atoms with Gasteiger partial charge in [0.05, 0.1) is 5.52 Å². The number of pyridine rings is 2. The molecule has 0 saturated heterocycles. The topological polar surface area (TPSA) is 42.9 Å². The van der Waals surface area contributed by atoms with Crippen molar-refractivity contribution in [3.05, 3.63) is 69.0 Å². The van der Waals surface area contributed by atoms with Crippen LogP contribution in [0.4, 0.5) is 0 Å². The fraction of sp³-hybridized carbons (Fsp3) is 0. The fourth-order valence-electron chi connectivity index (χ4n) is 1.93. The average Bonchev–Trinajstić information content (AvgIpc) is 2.46. The van der Waals surface area contributed by atoms with Crippen LogP contribution in [-0.2, 0) is 0 Å². The second-order valence-electron chi connectivity index (χ2n) is 4.22. The quantitative estimate of drug-likeness (QED) is 0.608. The van der Waals surface area contributed by atoms with Crippen molar-refractivity contribution in [3.63, 3.8) is 0 Å². The molecule has 0 atom stereocenters. The molecule has 0 aliphatic rings. The zero-order valence-corrected chi connectivity index (χ0v) is 13.3. The van der Waals surface area contributed by atoms with Crippen molar-refractivity contribution in [3.8, 4) is 0 Å². The lowest BCUT2D eigenvalue weighted by Gasteiger charge is -2.04. The molecule has 1 aromatic carbocycles. The first-order valence-electron chi connectivity index (χ1n) is 5.86. The summed E-state index contributed by atoms with van der Waals surface area (Å²) in [7, 11) is 0. The SMILES string of the molecule is O=C(c1ccc2cccnc2c1)c1ncc(Br)cc1Br. The summed E-state index contributed by atoms with van der Waals surface area (Å²) in [5, 5.41) is 1.01. The van der Waals surface area contributed by atoms with Crippen LogP contribution < -0.4 is 0 Å². The number of hydrogen-bond donors (Lipinski definition) is 0. The molecule has 3 rings (SSSR count). The van der Waals surface area contributed by atoms with E-state index < -0.39 is 0 Å². The van der Waals surface area contributed by atoms with E-state index in [1.807, 2.05) is 18.2 Å². The second-order valence-corrected chi connectivity index (χ2v) is 5.99. The number of carbonyl (C=O) groups is 1. The van der Waals surface area contributed by atoms with Gasteiger partial charge in [-0.1, -0.05) is 18.2 Å². The van der Waals surface area contributed by atoms with Gasteiger partial charge in [0.15, 0.2) is 0 Å². The largest absolute Gasteiger partial charge is 0.287 e. The van der Waals surface area contributed by atoms with Crippen LogP contribution in [-0.4, -0.2) is 15.8 Å². The van der Waals surface area contributed by atoms with Gasteiger partial charge in [0.2, 0.25) is 5.78 Å². The third-order valence-electron chi connectivity index (χ3n) is 2.89. The lowest BCUT2D eigenvalue weighted by atomic mass is 10.1. The number of benzene rings is 1. The molecule has 3 nitrogen and oxygen atoms in total. The van der Waals surface area contributed by atoms with Crippen LogP contribution in [0.15, 0.2) is 57.7 Å². The van der Waals surface area contributed by atoms with Crippen LogP contribution in [0, 0.1) is 0 Å². The minimum atomic E-state index is -0.128. The Labute approximate surface area is 132 Å². The molecule has 0 fully saturated rings. The van der Waals surface area contributed by atoms with E-state index in [1.165, 1.54) is 0 Å². The molecule has 3 aromatic rings. The van der Waals surface area contributed by atoms with Gasteiger partial charge in [-0.05, 0) is 50.1 Å². The standard InChI is InChI=1S/C15H8Br2N2O/c16-11-7-12(17)14(19-8-11)15(20)10-4-3-9-2-1-5-18-13(9)6-10/h1-8H. The molecular formula is C15H8Br2N2O. The van der Waals surface area contributed by atoms with Gasteiger partial charge in [0.1, 0.15) is 5.69 Å². The van der Waals surface area contributed by atoms with Crippen LogP contribution >= 0.6 is 31.9 Å². The Kier molecular flexibility index (Phi) is 3.63. The predicted octanol–water partition coefficient (Wildman–Crippen LogP) is 4.39. The van der Waals surface area contributed by atoms with Crippen molar-refractivity contribution in [2.45, 2.75) is 0 Å². The summed E-state index contributed by atoms with van der Waals surface area (Å²) in [5.41, 5.74) is 1.77. The normalized spacial score (nSPS) is 10.7. The summed E-state index contributed by atoms with van der Waals surface area (Å²) in [6, 6.07) is 11.1. The van der Waals surface area contributed by atoms with Gasteiger partial charge < -0.3 is 0 Å². The predicted molar refractivity (Wildman–Crippen MR) is 84.8 cm³/mol. The number of carbonyl (C=O) groups excluding carboxylic acids is 1. The highest BCUT2D eigenvalue weighted by molar-refractivity contribution is 9.11. The van der Waals surface area contributed by atoms with Gasteiger partial charge in [0.25, 0.3) is 0 Å². The summed E-state index contributed by atoms with van der Waals surface area (Å²) in [6.45, 7) is 0. The molecule has 0 bridgehead atoms. The van der Waals surface area contributed by atoms with Crippen molar-refractivity contribution >= 4 is 48.5 Å². The van der Waals surface area contributed by atoms with E-state index in [0.717, 1.165) is 15.4 Å². The van der Waals surface area contributed by atoms with Crippen molar-refractivity contribution in [1.82, 2.24) is 9.97 Å². The Morgan fingerprint density at radius 1 is 1.05 bits per heavy atom. The molecule has 20 heavy (non-hydrogen) atoms. The van der Waals surface area contributed by atoms with E-state index in [0.29, 0.717) is 15.7 Å². The summed E-state index contributed by atoms with van der Waals surface area (Å²) < 4.78 is 1.49. The lowest BCUT2D eigenvalue weighted by Crippen LogP contribution is -2.05. The summed E-state index contributed by atoms with van der Waals surface area (Å²) in [4.78, 5) is 20.9. The maximum absolute atomic E-state index is 12.5. The molecular weight excluding hydrogens is 384 g/mol. The van der Waals surface area contributed by atoms with Gasteiger partial charge in [0, 0.05) is 32.3 Å². The monoisotopic (exact) mass is 390 g/mol. The van der Waals surface area contributed by atoms with E-state index >= 15 is 0 Å². The molecule has 0 radical (unpaired) electrons. The molecule has 5 heteroatoms. The van der Waals surface area contributed by atoms with E-state index in [9.17, 15) is 4.79 Å². The molecule has 2 aromatic heterocycles. The molecule has 98 valence electrons. The smallest absolute Gasteiger partial charge is 0.212 e. The number of rotatable bonds is 2. The van der Waals surface area contributed by atoms with Gasteiger partial charge >= 0.3 is 0 Å². The highest BCUT2D eigenvalue weighted by Crippen LogP contribution is 2.23. The Bertz CT molecular complexity index is 818. The number of halogens is 2. The molecule has 0 aliphatic heterocycles. The van der Waals surface area contributed by atoms with Crippen LogP contribution in [0.1, 0.15) is 16.1 Å². The Morgan fingerprint density at radius 2 is 1.90 bits per heavy atom. The van der Waals surface area contributed by atoms with Gasteiger partial charge in [-0.2, -0.15) is 0 Å². The first-order chi connectivity index (χ1) is 9.65. The average molecular weight is 392 g/mol. The molecule has 0 spiro atoms. The minimum Gasteiger partial charge on any atom is -0.287 e. The summed E-state index contributed by atoms with van der Waals surface area (Å²) >= 11 is 6.69. The van der Waals surface area contributed by atoms with E-state index in [2.05, 4.69) is 41.8 Å². The molecule has 0 unspecified atom stereocenters. The van der Waals surface area contributed by atoms with Crippen LogP contribution in [0.25, 0.3) is 10.9 Å². The zero-order chi connectivity index (χ0) is 14.1. The Morgan fingerprint density at radius 3 is 2.70 bits per heavy atom. The number of aromatic nitrogens is 2. The first kappa shape index (κ1) is 13.4. The molecule has 0 saturated carbocycles. The molecule has 0 amide bonds. The maximum atomic E-state index is 12.5. The number of fused-ring (bicyclic) bond motifs is 1. The molecule has 0 aliphatic carbocycles. The summed E-state index contributed by atoms with van der Waals surface area (Å²) in [6.07, 6.45) is 3.32. The Hall–Kier alpha value is -1.59. The van der Waals surface area contributed by atoms with Gasteiger partial charge in [-0.25, -0.2) is 0 Å². The van der Waals surface area contributed by atoms with E-state index in [-0.39, 0.29) is 5.78 Å². The summed E-state index contributed by atoms with van der Waals surface area (Å²) in [5.74, 6) is -0.128. The third kappa shape index (κ3) is 2.51. The number of hydrogen-bond acceptors (Lipinski definition) is 3. The van der Waals surface area contributed by atoms with E-state index in [4.69, 9.17) is 0 Å². The molecule has 2 heterocycles. The fourth-order valence-corrected chi connectivity index (χ4v) is 3.09. The molecule has 0 N–H and O–H groups in total.